The van der Waals surface area contributed by atoms with Gasteiger partial charge in [0.15, 0.2) is 0 Å². The van der Waals surface area contributed by atoms with E-state index in [2.05, 4.69) is 10.00 Å². The molecule has 0 amide bonds. The lowest BCUT2D eigenvalue weighted by molar-refractivity contribution is -0.384. The minimum Gasteiger partial charge on any atom is -0.296 e. The molecule has 1 fully saturated rings. The Balaban J connectivity index is 1.40. The van der Waals surface area contributed by atoms with E-state index in [0.29, 0.717) is 32.7 Å². The van der Waals surface area contributed by atoms with E-state index < -0.39 is 14.9 Å². The molecule has 3 aromatic rings. The van der Waals surface area contributed by atoms with Gasteiger partial charge in [0, 0.05) is 44.9 Å². The zero-order valence-corrected chi connectivity index (χ0v) is 17.0. The van der Waals surface area contributed by atoms with Crippen LogP contribution < -0.4 is 0 Å². The lowest BCUT2D eigenvalue weighted by Crippen LogP contribution is -2.48. The molecule has 9 nitrogen and oxygen atoms in total. The molecule has 10 heteroatoms. The Bertz CT molecular complexity index is 1140. The topological polar surface area (TPSA) is 102 Å². The van der Waals surface area contributed by atoms with Crippen molar-refractivity contribution in [2.75, 3.05) is 26.2 Å². The molecule has 30 heavy (non-hydrogen) atoms. The first-order valence-corrected chi connectivity index (χ1v) is 10.9. The second-order valence-electron chi connectivity index (χ2n) is 7.06. The average Bonchev–Trinajstić information content (AvgIpc) is 3.26. The fourth-order valence-corrected chi connectivity index (χ4v) is 4.82. The lowest BCUT2D eigenvalue weighted by atomic mass is 10.2. The Labute approximate surface area is 174 Å². The zero-order valence-electron chi connectivity index (χ0n) is 16.2. The van der Waals surface area contributed by atoms with Crippen LogP contribution in [-0.2, 0) is 16.6 Å². The van der Waals surface area contributed by atoms with Gasteiger partial charge >= 0.3 is 0 Å². The second kappa shape index (κ2) is 8.34. The number of hydrogen-bond acceptors (Lipinski definition) is 6. The van der Waals surface area contributed by atoms with Crippen molar-refractivity contribution in [2.24, 2.45) is 0 Å². The maximum atomic E-state index is 13.0. The molecule has 0 radical (unpaired) electrons. The number of benzene rings is 2. The third kappa shape index (κ3) is 4.25. The number of nitro groups is 1. The Morgan fingerprint density at radius 1 is 1.00 bits per heavy atom. The first-order chi connectivity index (χ1) is 14.4. The Morgan fingerprint density at radius 2 is 1.73 bits per heavy atom. The summed E-state index contributed by atoms with van der Waals surface area (Å²) >= 11 is 0. The molecular weight excluding hydrogens is 406 g/mol. The first-order valence-electron chi connectivity index (χ1n) is 9.49. The number of nitrogens with zero attached hydrogens (tertiary/aromatic N) is 5. The van der Waals surface area contributed by atoms with Crippen molar-refractivity contribution in [3.05, 3.63) is 82.7 Å². The van der Waals surface area contributed by atoms with Crippen molar-refractivity contribution in [1.82, 2.24) is 19.0 Å². The first kappa shape index (κ1) is 20.2. The fraction of sp³-hybridized carbons (Fsp3) is 0.250. The van der Waals surface area contributed by atoms with Crippen LogP contribution in [0.3, 0.4) is 0 Å². The van der Waals surface area contributed by atoms with Gasteiger partial charge in [-0.15, -0.1) is 0 Å². The van der Waals surface area contributed by atoms with Gasteiger partial charge in [-0.2, -0.15) is 9.40 Å². The van der Waals surface area contributed by atoms with Crippen LogP contribution in [0.15, 0.2) is 71.9 Å². The van der Waals surface area contributed by atoms with Crippen molar-refractivity contribution < 1.29 is 13.3 Å². The van der Waals surface area contributed by atoms with Crippen molar-refractivity contribution >= 4 is 15.7 Å². The lowest BCUT2D eigenvalue weighted by Gasteiger charge is -2.33. The molecule has 4 rings (SSSR count). The molecule has 156 valence electrons. The number of rotatable bonds is 6. The third-order valence-corrected chi connectivity index (χ3v) is 6.93. The van der Waals surface area contributed by atoms with E-state index >= 15 is 0 Å². The van der Waals surface area contributed by atoms with Crippen molar-refractivity contribution in [3.63, 3.8) is 0 Å². The molecule has 0 spiro atoms. The number of non-ortho nitro benzene ring substituents is 1. The molecule has 0 N–H and O–H groups in total. The van der Waals surface area contributed by atoms with E-state index in [9.17, 15) is 18.5 Å². The SMILES string of the molecule is O=[N+]([O-])c1cccc(CN2CCN(S(=O)(=O)c3cnn(-c4ccccc4)c3)CC2)c1. The maximum Gasteiger partial charge on any atom is 0.269 e. The van der Waals surface area contributed by atoms with Crippen molar-refractivity contribution in [3.8, 4) is 5.69 Å². The highest BCUT2D eigenvalue weighted by atomic mass is 32.2. The van der Waals surface area contributed by atoms with Gasteiger partial charge in [-0.05, 0) is 17.7 Å². The molecule has 1 aliphatic rings. The molecule has 0 aliphatic carbocycles. The standard InChI is InChI=1S/C20H21N5O4S/c26-25(27)19-8-4-5-17(13-19)15-22-9-11-23(12-10-22)30(28,29)20-14-21-24(16-20)18-6-2-1-3-7-18/h1-8,13-14,16H,9-12,15H2. The summed E-state index contributed by atoms with van der Waals surface area (Å²) in [5.74, 6) is 0. The molecule has 1 aliphatic heterocycles. The van der Waals surface area contributed by atoms with Crippen LogP contribution in [0.25, 0.3) is 5.69 Å². The van der Waals surface area contributed by atoms with E-state index in [-0.39, 0.29) is 10.6 Å². The molecular formula is C20H21N5O4S. The highest BCUT2D eigenvalue weighted by molar-refractivity contribution is 7.89. The number of sulfonamides is 1. The van der Waals surface area contributed by atoms with Gasteiger partial charge in [0.05, 0.1) is 23.0 Å². The van der Waals surface area contributed by atoms with Gasteiger partial charge in [0.2, 0.25) is 10.0 Å². The average molecular weight is 427 g/mol. The minimum absolute atomic E-state index is 0.0594. The number of para-hydroxylation sites is 1. The number of piperazine rings is 1. The number of nitro benzene ring substituents is 1. The highest BCUT2D eigenvalue weighted by Crippen LogP contribution is 2.20. The van der Waals surface area contributed by atoms with Gasteiger partial charge in [-0.25, -0.2) is 13.1 Å². The fourth-order valence-electron chi connectivity index (χ4n) is 3.47. The third-order valence-electron chi connectivity index (χ3n) is 5.08. The van der Waals surface area contributed by atoms with Gasteiger partial charge in [0.1, 0.15) is 4.90 Å². The summed E-state index contributed by atoms with van der Waals surface area (Å²) in [5.41, 5.74) is 1.69. The van der Waals surface area contributed by atoms with Gasteiger partial charge in [-0.3, -0.25) is 15.0 Å². The van der Waals surface area contributed by atoms with Crippen LogP contribution in [0.5, 0.6) is 0 Å². The summed E-state index contributed by atoms with van der Waals surface area (Å²) in [4.78, 5) is 12.8. The number of hydrogen-bond donors (Lipinski definition) is 0. The summed E-state index contributed by atoms with van der Waals surface area (Å²) < 4.78 is 29.0. The summed E-state index contributed by atoms with van der Waals surface area (Å²) in [7, 11) is -3.63. The van der Waals surface area contributed by atoms with Crippen molar-refractivity contribution in [2.45, 2.75) is 11.4 Å². The predicted octanol–water partition coefficient (Wildman–Crippen LogP) is 2.29. The molecule has 0 bridgehead atoms. The summed E-state index contributed by atoms with van der Waals surface area (Å²) in [6.07, 6.45) is 2.90. The van der Waals surface area contributed by atoms with E-state index in [1.54, 1.807) is 16.8 Å². The molecule has 2 heterocycles. The largest absolute Gasteiger partial charge is 0.296 e. The van der Waals surface area contributed by atoms with Crippen molar-refractivity contribution in [1.29, 1.82) is 0 Å². The Morgan fingerprint density at radius 3 is 2.43 bits per heavy atom. The molecule has 1 aromatic heterocycles. The second-order valence-corrected chi connectivity index (χ2v) is 9.00. The summed E-state index contributed by atoms with van der Waals surface area (Å²) in [6, 6.07) is 15.9. The van der Waals surface area contributed by atoms with Crippen LogP contribution in [0.1, 0.15) is 5.56 Å². The summed E-state index contributed by atoms with van der Waals surface area (Å²) in [6.45, 7) is 2.35. The normalized spacial score (nSPS) is 15.9. The summed E-state index contributed by atoms with van der Waals surface area (Å²) in [5, 5.41) is 15.1. The van der Waals surface area contributed by atoms with Crippen LogP contribution >= 0.6 is 0 Å². The van der Waals surface area contributed by atoms with E-state index in [0.717, 1.165) is 11.3 Å². The minimum atomic E-state index is -3.63. The smallest absolute Gasteiger partial charge is 0.269 e. The number of aromatic nitrogens is 2. The van der Waals surface area contributed by atoms with E-state index in [4.69, 9.17) is 0 Å². The maximum absolute atomic E-state index is 13.0. The monoisotopic (exact) mass is 427 g/mol. The van der Waals surface area contributed by atoms with Crippen LogP contribution in [0.2, 0.25) is 0 Å². The van der Waals surface area contributed by atoms with Gasteiger partial charge < -0.3 is 0 Å². The van der Waals surface area contributed by atoms with Gasteiger partial charge in [0.25, 0.3) is 5.69 Å². The predicted molar refractivity (Wildman–Crippen MR) is 111 cm³/mol. The molecule has 0 saturated carbocycles. The molecule has 2 aromatic carbocycles. The van der Waals surface area contributed by atoms with Crippen LogP contribution in [0.4, 0.5) is 5.69 Å². The zero-order chi connectivity index (χ0) is 21.1. The van der Waals surface area contributed by atoms with Crippen LogP contribution in [-0.4, -0.2) is 58.5 Å². The highest BCUT2D eigenvalue weighted by Gasteiger charge is 2.29. The van der Waals surface area contributed by atoms with Gasteiger partial charge in [-0.1, -0.05) is 30.3 Å². The Hall–Kier alpha value is -3.08. The molecule has 0 unspecified atom stereocenters. The molecule has 0 atom stereocenters. The molecule has 1 saturated heterocycles. The van der Waals surface area contributed by atoms with E-state index in [1.807, 2.05) is 36.4 Å². The van der Waals surface area contributed by atoms with Crippen LogP contribution in [0, 0.1) is 10.1 Å². The quantitative estimate of drug-likeness (QED) is 0.442. The Kier molecular flexibility index (Phi) is 5.62. The van der Waals surface area contributed by atoms with E-state index in [1.165, 1.54) is 22.8 Å².